The number of hydrogen-bond donors (Lipinski definition) is 1. The largest absolute Gasteiger partial charge is 0.478 e. The molecule has 0 radical (unpaired) electrons. The number of carbonyl (C=O) groups excluding carboxylic acids is 2. The minimum absolute atomic E-state index is 0.0922. The van der Waals surface area contributed by atoms with Crippen LogP contribution < -0.4 is 0 Å². The molecular weight excluding hydrogens is 204 g/mol. The van der Waals surface area contributed by atoms with E-state index in [0.717, 1.165) is 12.3 Å². The van der Waals surface area contributed by atoms with Gasteiger partial charge in [0.25, 0.3) is 0 Å². The Hall–Kier alpha value is -2.11. The molecule has 0 saturated carbocycles. The third-order valence-electron chi connectivity index (χ3n) is 1.22. The van der Waals surface area contributed by atoms with Crippen LogP contribution in [0.15, 0.2) is 24.0 Å². The molecule has 0 saturated heterocycles. The molecule has 0 spiro atoms. The summed E-state index contributed by atoms with van der Waals surface area (Å²) in [6.07, 6.45) is 2.24. The quantitative estimate of drug-likeness (QED) is 0.409. The Balaban J connectivity index is 4.21. The first kappa shape index (κ1) is 12.9. The summed E-state index contributed by atoms with van der Waals surface area (Å²) in [6, 6.07) is 0. The predicted molar refractivity (Wildman–Crippen MR) is 48.6 cm³/mol. The van der Waals surface area contributed by atoms with Gasteiger partial charge in [-0.1, -0.05) is 0 Å². The molecule has 0 aromatic heterocycles. The fourth-order valence-electron chi connectivity index (χ4n) is 0.534. The number of carboxylic acids is 1. The standard InChI is InChI=1S/C9H10O6/c1-6(9(13)14-2)5-15-8(12)4-3-7(10)11/h3-5H,1-2H3,(H,10,11)/b4-3-,6-5+. The highest BCUT2D eigenvalue weighted by molar-refractivity contribution is 5.92. The molecule has 0 amide bonds. The Morgan fingerprint density at radius 1 is 1.20 bits per heavy atom. The molecule has 0 heterocycles. The Labute approximate surface area is 85.8 Å². The number of aliphatic carboxylic acids is 1. The number of rotatable bonds is 4. The molecule has 1 N–H and O–H groups in total. The number of carboxylic acid groups (broad SMARTS) is 1. The lowest BCUT2D eigenvalue weighted by atomic mass is 10.3. The van der Waals surface area contributed by atoms with Crippen molar-refractivity contribution in [1.29, 1.82) is 0 Å². The molecule has 0 aromatic rings. The molecule has 0 aliphatic heterocycles. The number of hydrogen-bond acceptors (Lipinski definition) is 5. The second-order valence-corrected chi connectivity index (χ2v) is 2.40. The average molecular weight is 214 g/mol. The number of esters is 2. The minimum atomic E-state index is -1.26. The van der Waals surface area contributed by atoms with Crippen molar-refractivity contribution in [3.05, 3.63) is 24.0 Å². The van der Waals surface area contributed by atoms with Crippen molar-refractivity contribution < 1.29 is 29.0 Å². The van der Waals surface area contributed by atoms with E-state index < -0.39 is 17.9 Å². The van der Waals surface area contributed by atoms with Gasteiger partial charge in [-0.05, 0) is 6.92 Å². The van der Waals surface area contributed by atoms with Gasteiger partial charge in [-0.25, -0.2) is 14.4 Å². The molecule has 0 fully saturated rings. The lowest BCUT2D eigenvalue weighted by Gasteiger charge is -1.97. The third-order valence-corrected chi connectivity index (χ3v) is 1.22. The highest BCUT2D eigenvalue weighted by Crippen LogP contribution is 1.96. The maximum absolute atomic E-state index is 10.8. The van der Waals surface area contributed by atoms with E-state index in [2.05, 4.69) is 9.47 Å². The van der Waals surface area contributed by atoms with Crippen LogP contribution in [-0.2, 0) is 23.9 Å². The van der Waals surface area contributed by atoms with E-state index in [0.29, 0.717) is 6.08 Å². The molecule has 0 aliphatic carbocycles. The van der Waals surface area contributed by atoms with Crippen molar-refractivity contribution in [2.24, 2.45) is 0 Å². The van der Waals surface area contributed by atoms with Crippen LogP contribution in [0.1, 0.15) is 6.92 Å². The third kappa shape index (κ3) is 6.03. The van der Waals surface area contributed by atoms with Gasteiger partial charge in [-0.15, -0.1) is 0 Å². The number of carbonyl (C=O) groups is 3. The molecule has 6 nitrogen and oxygen atoms in total. The summed E-state index contributed by atoms with van der Waals surface area (Å²) in [5.74, 6) is -2.79. The van der Waals surface area contributed by atoms with Crippen LogP contribution in [0, 0.1) is 0 Å². The van der Waals surface area contributed by atoms with E-state index in [1.165, 1.54) is 14.0 Å². The summed E-state index contributed by atoms with van der Waals surface area (Å²) in [7, 11) is 1.19. The Morgan fingerprint density at radius 3 is 2.27 bits per heavy atom. The van der Waals surface area contributed by atoms with E-state index >= 15 is 0 Å². The molecule has 0 aromatic carbocycles. The van der Waals surface area contributed by atoms with Gasteiger partial charge in [0.05, 0.1) is 12.7 Å². The van der Waals surface area contributed by atoms with Gasteiger partial charge in [0.1, 0.15) is 6.26 Å². The summed E-state index contributed by atoms with van der Waals surface area (Å²) in [5, 5.41) is 8.18. The zero-order chi connectivity index (χ0) is 11.8. The van der Waals surface area contributed by atoms with Gasteiger partial charge in [0.2, 0.25) is 0 Å². The summed E-state index contributed by atoms with van der Waals surface area (Å²) < 4.78 is 8.76. The number of methoxy groups -OCH3 is 1. The van der Waals surface area contributed by atoms with E-state index in [-0.39, 0.29) is 5.57 Å². The smallest absolute Gasteiger partial charge is 0.336 e. The molecule has 15 heavy (non-hydrogen) atoms. The predicted octanol–water partition coefficient (Wildman–Crippen LogP) is 0.247. The molecule has 0 atom stereocenters. The minimum Gasteiger partial charge on any atom is -0.478 e. The van der Waals surface area contributed by atoms with Crippen LogP contribution in [0.2, 0.25) is 0 Å². The molecule has 0 rings (SSSR count). The Morgan fingerprint density at radius 2 is 1.80 bits per heavy atom. The van der Waals surface area contributed by atoms with Crippen LogP contribution in [-0.4, -0.2) is 30.1 Å². The van der Waals surface area contributed by atoms with Crippen LogP contribution in [0.5, 0.6) is 0 Å². The fourth-order valence-corrected chi connectivity index (χ4v) is 0.534. The zero-order valence-corrected chi connectivity index (χ0v) is 8.22. The first-order valence-electron chi connectivity index (χ1n) is 3.84. The maximum atomic E-state index is 10.8. The fraction of sp³-hybridized carbons (Fsp3) is 0.222. The molecular formula is C9H10O6. The van der Waals surface area contributed by atoms with E-state index in [1.54, 1.807) is 0 Å². The lowest BCUT2D eigenvalue weighted by Crippen LogP contribution is -2.04. The van der Waals surface area contributed by atoms with Crippen molar-refractivity contribution in [2.45, 2.75) is 6.92 Å². The van der Waals surface area contributed by atoms with Crippen molar-refractivity contribution in [3.63, 3.8) is 0 Å². The topological polar surface area (TPSA) is 89.9 Å². The zero-order valence-electron chi connectivity index (χ0n) is 8.22. The van der Waals surface area contributed by atoms with E-state index in [4.69, 9.17) is 5.11 Å². The average Bonchev–Trinajstić information content (AvgIpc) is 2.21. The second kappa shape index (κ2) is 6.36. The Bertz CT molecular complexity index is 325. The SMILES string of the molecule is COC(=O)/C(C)=C/OC(=O)/C=C\C(=O)O. The number of ether oxygens (including phenoxy) is 2. The summed E-state index contributed by atoms with van der Waals surface area (Å²) in [5.41, 5.74) is 0.0922. The monoisotopic (exact) mass is 214 g/mol. The van der Waals surface area contributed by atoms with Crippen LogP contribution >= 0.6 is 0 Å². The first-order chi connectivity index (χ1) is 6.97. The summed E-state index contributed by atoms with van der Waals surface area (Å²) >= 11 is 0. The normalized spacial score (nSPS) is 11.2. The molecule has 82 valence electrons. The maximum Gasteiger partial charge on any atom is 0.336 e. The highest BCUT2D eigenvalue weighted by atomic mass is 16.5. The summed E-state index contributed by atoms with van der Waals surface area (Å²) in [4.78, 5) is 31.6. The molecule has 6 heteroatoms. The van der Waals surface area contributed by atoms with Crippen molar-refractivity contribution in [2.75, 3.05) is 7.11 Å². The van der Waals surface area contributed by atoms with Crippen molar-refractivity contribution in [3.8, 4) is 0 Å². The van der Waals surface area contributed by atoms with Gasteiger partial charge in [-0.2, -0.15) is 0 Å². The molecule has 0 unspecified atom stereocenters. The van der Waals surface area contributed by atoms with E-state index in [1.807, 2.05) is 0 Å². The van der Waals surface area contributed by atoms with Gasteiger partial charge >= 0.3 is 17.9 Å². The van der Waals surface area contributed by atoms with Crippen molar-refractivity contribution in [1.82, 2.24) is 0 Å². The van der Waals surface area contributed by atoms with Crippen LogP contribution in [0.25, 0.3) is 0 Å². The molecule has 0 aliphatic rings. The Kier molecular flexibility index (Phi) is 5.47. The van der Waals surface area contributed by atoms with Crippen LogP contribution in [0.4, 0.5) is 0 Å². The lowest BCUT2D eigenvalue weighted by molar-refractivity contribution is -0.137. The summed E-state index contributed by atoms with van der Waals surface area (Å²) in [6.45, 7) is 1.39. The first-order valence-corrected chi connectivity index (χ1v) is 3.84. The van der Waals surface area contributed by atoms with Crippen LogP contribution in [0.3, 0.4) is 0 Å². The van der Waals surface area contributed by atoms with Gasteiger partial charge < -0.3 is 14.6 Å². The van der Waals surface area contributed by atoms with Gasteiger partial charge in [0, 0.05) is 12.2 Å². The van der Waals surface area contributed by atoms with E-state index in [9.17, 15) is 14.4 Å². The van der Waals surface area contributed by atoms with Gasteiger partial charge in [-0.3, -0.25) is 0 Å². The highest BCUT2D eigenvalue weighted by Gasteiger charge is 2.04. The molecule has 0 bridgehead atoms. The second-order valence-electron chi connectivity index (χ2n) is 2.40. The van der Waals surface area contributed by atoms with Gasteiger partial charge in [0.15, 0.2) is 0 Å². The van der Waals surface area contributed by atoms with Crippen molar-refractivity contribution >= 4 is 17.9 Å².